The van der Waals surface area contributed by atoms with E-state index in [1.54, 1.807) is 6.08 Å². The van der Waals surface area contributed by atoms with Crippen LogP contribution in [0.25, 0.3) is 0 Å². The van der Waals surface area contributed by atoms with E-state index in [9.17, 15) is 9.90 Å². The number of carbonyl (C=O) groups is 1. The molecule has 0 spiro atoms. The number of benzene rings is 3. The Hall–Kier alpha value is -2.92. The molecule has 3 aromatic carbocycles. The summed E-state index contributed by atoms with van der Waals surface area (Å²) in [5.41, 5.74) is 3.10. The molecule has 32 heavy (non-hydrogen) atoms. The van der Waals surface area contributed by atoms with Crippen molar-refractivity contribution < 1.29 is 14.6 Å². The van der Waals surface area contributed by atoms with E-state index in [-0.39, 0.29) is 12.0 Å². The molecule has 5 rings (SSSR count). The van der Waals surface area contributed by atoms with Gasteiger partial charge in [-0.3, -0.25) is 9.69 Å². The third kappa shape index (κ3) is 3.45. The number of aliphatic hydroxyl groups excluding tert-OH is 1. The molecule has 1 heterocycles. The van der Waals surface area contributed by atoms with Crippen LogP contribution in [0.5, 0.6) is 0 Å². The number of amides is 1. The predicted octanol–water partition coefficient (Wildman–Crippen LogP) is 5.21. The maximum absolute atomic E-state index is 13.8. The zero-order valence-corrected chi connectivity index (χ0v) is 18.5. The number of fused-ring (bicyclic) bond motifs is 1. The fourth-order valence-corrected chi connectivity index (χ4v) is 5.02. The van der Waals surface area contributed by atoms with Crippen LogP contribution in [-0.2, 0) is 17.0 Å². The summed E-state index contributed by atoms with van der Waals surface area (Å²) in [6.45, 7) is 2.37. The second-order valence-electron chi connectivity index (χ2n) is 8.37. The van der Waals surface area contributed by atoms with Crippen molar-refractivity contribution in [1.82, 2.24) is 4.90 Å². The molecular formula is C27H24ClNO3. The predicted molar refractivity (Wildman–Crippen MR) is 124 cm³/mol. The fraction of sp³-hybridized carbons (Fsp3) is 0.222. The molecule has 0 saturated carbocycles. The van der Waals surface area contributed by atoms with Crippen LogP contribution in [0, 0.1) is 6.92 Å². The lowest BCUT2D eigenvalue weighted by Gasteiger charge is -2.42. The Kier molecular flexibility index (Phi) is 5.38. The molecule has 0 radical (unpaired) electrons. The summed E-state index contributed by atoms with van der Waals surface area (Å²) in [6.07, 6.45) is 3.18. The minimum atomic E-state index is -1.14. The highest BCUT2D eigenvalue weighted by atomic mass is 35.5. The molecule has 1 amide bonds. The van der Waals surface area contributed by atoms with Crippen molar-refractivity contribution in [3.8, 4) is 0 Å². The van der Waals surface area contributed by atoms with Gasteiger partial charge in [0.05, 0.1) is 12.2 Å². The van der Waals surface area contributed by atoms with E-state index in [0.717, 1.165) is 22.3 Å². The number of rotatable bonds is 5. The Labute approximate surface area is 192 Å². The average molecular weight is 446 g/mol. The summed E-state index contributed by atoms with van der Waals surface area (Å²) in [5.74, 6) is -0.0821. The standard InChI is InChI=1S/C27H24ClNO3/c1-18-15-20(28)11-14-24(18)27(32-22-13-12-21(30)16-22)25-10-6-5-9-23(25)26(31)29(27)17-19-7-3-2-4-8-19/h2-15,21-22,30H,16-17H2,1H3/t21-,22+,27?/m1/s1. The molecule has 1 N–H and O–H groups in total. The maximum Gasteiger partial charge on any atom is 0.257 e. The Balaban J connectivity index is 1.73. The van der Waals surface area contributed by atoms with E-state index < -0.39 is 11.8 Å². The van der Waals surface area contributed by atoms with E-state index in [2.05, 4.69) is 0 Å². The molecule has 3 aromatic rings. The highest BCUT2D eigenvalue weighted by Gasteiger charge is 2.54. The van der Waals surface area contributed by atoms with Crippen LogP contribution >= 0.6 is 11.6 Å². The van der Waals surface area contributed by atoms with Crippen LogP contribution in [0.4, 0.5) is 0 Å². The number of hydrogen-bond acceptors (Lipinski definition) is 3. The molecule has 1 aliphatic carbocycles. The quantitative estimate of drug-likeness (QED) is 0.548. The average Bonchev–Trinajstić information content (AvgIpc) is 3.30. The molecule has 0 aromatic heterocycles. The van der Waals surface area contributed by atoms with E-state index in [0.29, 0.717) is 23.6 Å². The second kappa shape index (κ2) is 8.21. The van der Waals surface area contributed by atoms with Gasteiger partial charge in [0.25, 0.3) is 5.91 Å². The Morgan fingerprint density at radius 3 is 2.50 bits per heavy atom. The number of aliphatic hydroxyl groups is 1. The largest absolute Gasteiger partial charge is 0.389 e. The SMILES string of the molecule is Cc1cc(Cl)ccc1C1(O[C@H]2C=C[C@@H](O)C2)c2ccccc2C(=O)N1Cc1ccccc1. The van der Waals surface area contributed by atoms with Gasteiger partial charge in [-0.15, -0.1) is 0 Å². The lowest BCUT2D eigenvalue weighted by atomic mass is 9.90. The number of carbonyl (C=O) groups excluding carboxylic acids is 1. The smallest absolute Gasteiger partial charge is 0.257 e. The van der Waals surface area contributed by atoms with E-state index >= 15 is 0 Å². The van der Waals surface area contributed by atoms with Gasteiger partial charge < -0.3 is 9.84 Å². The normalized spacial score (nSPS) is 24.2. The number of aryl methyl sites for hydroxylation is 1. The first-order valence-corrected chi connectivity index (χ1v) is 11.1. The number of nitrogens with zero attached hydrogens (tertiary/aromatic N) is 1. The third-order valence-corrected chi connectivity index (χ3v) is 6.46. The molecule has 1 aliphatic heterocycles. The molecule has 3 atom stereocenters. The zero-order valence-electron chi connectivity index (χ0n) is 17.7. The Morgan fingerprint density at radius 1 is 1.03 bits per heavy atom. The van der Waals surface area contributed by atoms with Gasteiger partial charge in [-0.2, -0.15) is 0 Å². The number of halogens is 1. The topological polar surface area (TPSA) is 49.8 Å². The molecule has 1 unspecified atom stereocenters. The molecule has 4 nitrogen and oxygen atoms in total. The first-order valence-electron chi connectivity index (χ1n) is 10.8. The first kappa shape index (κ1) is 21.0. The van der Waals surface area contributed by atoms with Gasteiger partial charge in [-0.1, -0.05) is 78.4 Å². The fourth-order valence-electron chi connectivity index (χ4n) is 4.79. The second-order valence-corrected chi connectivity index (χ2v) is 8.81. The van der Waals surface area contributed by atoms with E-state index in [1.165, 1.54) is 0 Å². The molecule has 2 aliphatic rings. The minimum absolute atomic E-state index is 0.0821. The zero-order chi connectivity index (χ0) is 22.3. The van der Waals surface area contributed by atoms with Gasteiger partial charge in [-0.25, -0.2) is 0 Å². The van der Waals surface area contributed by atoms with Crippen molar-refractivity contribution in [3.05, 3.63) is 118 Å². The van der Waals surface area contributed by atoms with Gasteiger partial charge in [0, 0.05) is 34.7 Å². The summed E-state index contributed by atoms with van der Waals surface area (Å²) in [4.78, 5) is 15.6. The Bertz CT molecular complexity index is 1190. The van der Waals surface area contributed by atoms with E-state index in [1.807, 2.05) is 90.7 Å². The van der Waals surface area contributed by atoms with Gasteiger partial charge in [-0.05, 0) is 36.2 Å². The highest BCUT2D eigenvalue weighted by Crippen LogP contribution is 2.48. The monoisotopic (exact) mass is 445 g/mol. The number of hydrogen-bond donors (Lipinski definition) is 1. The lowest BCUT2D eigenvalue weighted by molar-refractivity contribution is -0.137. The minimum Gasteiger partial charge on any atom is -0.389 e. The van der Waals surface area contributed by atoms with Gasteiger partial charge in [0.1, 0.15) is 0 Å². The van der Waals surface area contributed by atoms with Gasteiger partial charge >= 0.3 is 0 Å². The van der Waals surface area contributed by atoms with Crippen molar-refractivity contribution in [1.29, 1.82) is 0 Å². The summed E-state index contributed by atoms with van der Waals surface area (Å²) in [6, 6.07) is 23.2. The van der Waals surface area contributed by atoms with Crippen LogP contribution in [0.2, 0.25) is 5.02 Å². The first-order chi connectivity index (χ1) is 15.5. The number of ether oxygens (including phenoxy) is 1. The van der Waals surface area contributed by atoms with E-state index in [4.69, 9.17) is 16.3 Å². The molecule has 0 fully saturated rings. The van der Waals surface area contributed by atoms with Crippen LogP contribution in [0.3, 0.4) is 0 Å². The van der Waals surface area contributed by atoms with Crippen molar-refractivity contribution in [2.45, 2.75) is 37.8 Å². The molecule has 0 bridgehead atoms. The molecule has 162 valence electrons. The van der Waals surface area contributed by atoms with Crippen molar-refractivity contribution in [3.63, 3.8) is 0 Å². The van der Waals surface area contributed by atoms with Crippen LogP contribution < -0.4 is 0 Å². The van der Waals surface area contributed by atoms with Crippen LogP contribution in [0.1, 0.15) is 39.0 Å². The lowest BCUT2D eigenvalue weighted by Crippen LogP contribution is -2.48. The summed E-state index contributed by atoms with van der Waals surface area (Å²) < 4.78 is 6.83. The molecule has 0 saturated heterocycles. The molecular weight excluding hydrogens is 422 g/mol. The van der Waals surface area contributed by atoms with Crippen molar-refractivity contribution in [2.24, 2.45) is 0 Å². The third-order valence-electron chi connectivity index (χ3n) is 6.23. The molecule has 5 heteroatoms. The summed E-state index contributed by atoms with van der Waals surface area (Å²) in [5, 5.41) is 10.7. The van der Waals surface area contributed by atoms with Gasteiger partial charge in [0.15, 0.2) is 5.72 Å². The van der Waals surface area contributed by atoms with Gasteiger partial charge in [0.2, 0.25) is 0 Å². The van der Waals surface area contributed by atoms with Crippen molar-refractivity contribution >= 4 is 17.5 Å². The van der Waals surface area contributed by atoms with Crippen LogP contribution in [0.15, 0.2) is 84.9 Å². The summed E-state index contributed by atoms with van der Waals surface area (Å²) in [7, 11) is 0. The maximum atomic E-state index is 13.8. The Morgan fingerprint density at radius 2 is 1.78 bits per heavy atom. The highest BCUT2D eigenvalue weighted by molar-refractivity contribution is 6.30. The van der Waals surface area contributed by atoms with Crippen LogP contribution in [-0.4, -0.2) is 28.1 Å². The van der Waals surface area contributed by atoms with Crippen molar-refractivity contribution in [2.75, 3.05) is 0 Å². The summed E-state index contributed by atoms with van der Waals surface area (Å²) >= 11 is 6.29.